The summed E-state index contributed by atoms with van der Waals surface area (Å²) in [4.78, 5) is 11.7. The molecule has 0 unspecified atom stereocenters. The molecule has 0 atom stereocenters. The predicted molar refractivity (Wildman–Crippen MR) is 73.9 cm³/mol. The van der Waals surface area contributed by atoms with E-state index < -0.39 is 0 Å². The zero-order valence-corrected chi connectivity index (χ0v) is 10.6. The second kappa shape index (κ2) is 5.26. The number of aromatic nitrogens is 4. The highest BCUT2D eigenvalue weighted by atomic mass is 16.3. The van der Waals surface area contributed by atoms with Crippen LogP contribution < -0.4 is 10.7 Å². The van der Waals surface area contributed by atoms with E-state index in [9.17, 15) is 4.79 Å². The van der Waals surface area contributed by atoms with Gasteiger partial charge in [0, 0.05) is 18.0 Å². The van der Waals surface area contributed by atoms with E-state index in [1.165, 1.54) is 18.5 Å². The van der Waals surface area contributed by atoms with Crippen LogP contribution in [0.3, 0.4) is 0 Å². The second-order valence-corrected chi connectivity index (χ2v) is 4.05. The highest BCUT2D eigenvalue weighted by Crippen LogP contribution is 2.17. The summed E-state index contributed by atoms with van der Waals surface area (Å²) in [7, 11) is 0. The summed E-state index contributed by atoms with van der Waals surface area (Å²) in [5.74, 6) is 0.185. The van der Waals surface area contributed by atoms with Gasteiger partial charge in [0.2, 0.25) is 5.82 Å². The number of nitrogens with one attached hydrogen (secondary N) is 2. The monoisotopic (exact) mass is 280 g/mol. The molecule has 2 N–H and O–H groups in total. The number of hydrogen-bond acceptors (Lipinski definition) is 7. The highest BCUT2D eigenvalue weighted by Gasteiger charge is 2.06. The second-order valence-electron chi connectivity index (χ2n) is 4.05. The van der Waals surface area contributed by atoms with Crippen molar-refractivity contribution in [3.8, 4) is 6.07 Å². The van der Waals surface area contributed by atoms with Gasteiger partial charge in [-0.25, -0.2) is 0 Å². The molecule has 0 spiro atoms. The van der Waals surface area contributed by atoms with Crippen molar-refractivity contribution in [2.24, 2.45) is 0 Å². The number of fused-ring (bicyclic) bond motifs is 1. The Morgan fingerprint density at radius 2 is 2.33 bits per heavy atom. The molecule has 0 saturated carbocycles. The summed E-state index contributed by atoms with van der Waals surface area (Å²) in [5, 5.41) is 25.5. The van der Waals surface area contributed by atoms with Gasteiger partial charge < -0.3 is 9.73 Å². The molecule has 8 heteroatoms. The Morgan fingerprint density at radius 3 is 3.10 bits per heavy atom. The number of allylic oxidation sites excluding steroid dienone is 1. The molecule has 0 radical (unpaired) electrons. The average molecular weight is 280 g/mol. The molecule has 0 saturated heterocycles. The van der Waals surface area contributed by atoms with Crippen LogP contribution in [0, 0.1) is 11.3 Å². The van der Waals surface area contributed by atoms with Crippen molar-refractivity contribution >= 4 is 22.2 Å². The third-order valence-corrected chi connectivity index (χ3v) is 2.75. The molecule has 21 heavy (non-hydrogen) atoms. The molecule has 102 valence electrons. The van der Waals surface area contributed by atoms with E-state index in [-0.39, 0.29) is 16.8 Å². The highest BCUT2D eigenvalue weighted by molar-refractivity contribution is 5.81. The maximum Gasteiger partial charge on any atom is 0.216 e. The smallest absolute Gasteiger partial charge is 0.216 e. The first-order valence-electron chi connectivity index (χ1n) is 5.90. The van der Waals surface area contributed by atoms with Crippen LogP contribution in [0.1, 0.15) is 5.82 Å². The van der Waals surface area contributed by atoms with Crippen LogP contribution in [0.15, 0.2) is 45.9 Å². The van der Waals surface area contributed by atoms with Crippen molar-refractivity contribution in [1.29, 1.82) is 5.26 Å². The summed E-state index contributed by atoms with van der Waals surface area (Å²) in [6.07, 6.45) is 2.79. The Hall–Kier alpha value is -3.47. The van der Waals surface area contributed by atoms with E-state index in [1.54, 1.807) is 18.2 Å². The Bertz CT molecular complexity index is 904. The molecule has 0 aliphatic rings. The van der Waals surface area contributed by atoms with Crippen molar-refractivity contribution in [3.63, 3.8) is 0 Å². The number of nitriles is 1. The number of H-pyrrole nitrogens is 1. The number of benzene rings is 1. The van der Waals surface area contributed by atoms with E-state index in [4.69, 9.17) is 9.68 Å². The third-order valence-electron chi connectivity index (χ3n) is 2.75. The van der Waals surface area contributed by atoms with E-state index in [1.807, 2.05) is 6.07 Å². The molecule has 0 amide bonds. The molecule has 2 aromatic heterocycles. The lowest BCUT2D eigenvalue weighted by Crippen LogP contribution is -1.99. The van der Waals surface area contributed by atoms with Gasteiger partial charge in [0.25, 0.3) is 0 Å². The van der Waals surface area contributed by atoms with Crippen molar-refractivity contribution in [2.45, 2.75) is 0 Å². The van der Waals surface area contributed by atoms with E-state index in [0.717, 1.165) is 0 Å². The Balaban J connectivity index is 1.94. The van der Waals surface area contributed by atoms with Crippen LogP contribution in [0.4, 0.5) is 5.69 Å². The van der Waals surface area contributed by atoms with Crippen LogP contribution >= 0.6 is 0 Å². The molecule has 3 rings (SSSR count). The van der Waals surface area contributed by atoms with Gasteiger partial charge in [-0.05, 0) is 23.4 Å². The Morgan fingerprint density at radius 1 is 1.43 bits per heavy atom. The van der Waals surface area contributed by atoms with Gasteiger partial charge >= 0.3 is 0 Å². The van der Waals surface area contributed by atoms with Crippen molar-refractivity contribution in [1.82, 2.24) is 20.6 Å². The fourth-order valence-corrected chi connectivity index (χ4v) is 1.75. The standard InChI is InChI=1S/C13H8N6O2/c14-6-8(13-16-18-19-17-13)7-15-9-1-2-12-10(5-9)11(20)3-4-21-12/h1-5,7,15H,(H,16,17,18,19). The first-order chi connectivity index (χ1) is 10.3. The minimum atomic E-state index is -0.137. The zero-order valence-electron chi connectivity index (χ0n) is 10.6. The van der Waals surface area contributed by atoms with Gasteiger partial charge in [0.05, 0.1) is 11.6 Å². The first-order valence-corrected chi connectivity index (χ1v) is 5.90. The minimum Gasteiger partial charge on any atom is -0.464 e. The van der Waals surface area contributed by atoms with Crippen LogP contribution in [0.2, 0.25) is 0 Å². The van der Waals surface area contributed by atoms with Crippen LogP contribution in [0.25, 0.3) is 16.5 Å². The van der Waals surface area contributed by atoms with E-state index in [2.05, 4.69) is 25.9 Å². The number of anilines is 1. The molecule has 3 aromatic rings. The average Bonchev–Trinajstić information content (AvgIpc) is 3.03. The normalized spacial score (nSPS) is 11.3. The number of tetrazole rings is 1. The molecule has 2 heterocycles. The van der Waals surface area contributed by atoms with Gasteiger partial charge in [0.1, 0.15) is 17.2 Å². The van der Waals surface area contributed by atoms with Gasteiger partial charge in [-0.3, -0.25) is 4.79 Å². The van der Waals surface area contributed by atoms with Gasteiger partial charge in [-0.1, -0.05) is 0 Å². The Labute approximate surface area is 117 Å². The lowest BCUT2D eigenvalue weighted by atomic mass is 10.2. The lowest BCUT2D eigenvalue weighted by Gasteiger charge is -2.02. The van der Waals surface area contributed by atoms with Crippen LogP contribution in [-0.2, 0) is 0 Å². The maximum absolute atomic E-state index is 11.7. The molecule has 1 aromatic carbocycles. The number of hydrogen-bond donors (Lipinski definition) is 2. The number of aromatic amines is 1. The summed E-state index contributed by atoms with van der Waals surface area (Å²) in [6, 6.07) is 8.35. The summed E-state index contributed by atoms with van der Waals surface area (Å²) >= 11 is 0. The first kappa shape index (κ1) is 12.6. The fraction of sp³-hybridized carbons (Fsp3) is 0. The third kappa shape index (κ3) is 2.48. The van der Waals surface area contributed by atoms with Crippen molar-refractivity contribution < 1.29 is 4.42 Å². The summed E-state index contributed by atoms with van der Waals surface area (Å²) < 4.78 is 5.23. The molecule has 0 aliphatic carbocycles. The lowest BCUT2D eigenvalue weighted by molar-refractivity contribution is 0.602. The van der Waals surface area contributed by atoms with Gasteiger partial charge in [-0.2, -0.15) is 10.5 Å². The molecule has 0 aliphatic heterocycles. The minimum absolute atomic E-state index is 0.137. The van der Waals surface area contributed by atoms with Crippen LogP contribution in [-0.4, -0.2) is 20.6 Å². The topological polar surface area (TPSA) is 120 Å². The fourth-order valence-electron chi connectivity index (χ4n) is 1.75. The largest absolute Gasteiger partial charge is 0.464 e. The van der Waals surface area contributed by atoms with Crippen molar-refractivity contribution in [2.75, 3.05) is 5.32 Å². The maximum atomic E-state index is 11.7. The van der Waals surface area contributed by atoms with Gasteiger partial charge in [0.15, 0.2) is 5.43 Å². The van der Waals surface area contributed by atoms with Gasteiger partial charge in [-0.15, -0.1) is 10.2 Å². The van der Waals surface area contributed by atoms with Crippen LogP contribution in [0.5, 0.6) is 0 Å². The molecule has 8 nitrogen and oxygen atoms in total. The number of nitrogens with zero attached hydrogens (tertiary/aromatic N) is 4. The molecular weight excluding hydrogens is 272 g/mol. The molecular formula is C13H8N6O2. The number of rotatable bonds is 3. The van der Waals surface area contributed by atoms with Crippen molar-refractivity contribution in [3.05, 3.63) is 52.8 Å². The summed E-state index contributed by atoms with van der Waals surface area (Å²) in [6.45, 7) is 0. The van der Waals surface area contributed by atoms with E-state index >= 15 is 0 Å². The zero-order chi connectivity index (χ0) is 14.7. The Kier molecular flexibility index (Phi) is 3.15. The SMILES string of the molecule is N#CC(=CNc1ccc2occc(=O)c2c1)c1nn[nH]n1. The predicted octanol–water partition coefficient (Wildman–Crippen LogP) is 1.28. The molecule has 0 fully saturated rings. The molecule has 0 bridgehead atoms. The quantitative estimate of drug-likeness (QED) is 0.693. The van der Waals surface area contributed by atoms with E-state index in [0.29, 0.717) is 16.7 Å². The summed E-state index contributed by atoms with van der Waals surface area (Å²) in [5.41, 5.74) is 1.21.